The minimum atomic E-state index is -3.05. The van der Waals surface area contributed by atoms with Crippen molar-refractivity contribution in [3.8, 4) is 0 Å². The maximum Gasteiger partial charge on any atom is 0.311 e. The lowest BCUT2D eigenvalue weighted by atomic mass is 9.93. The molecule has 5 nitrogen and oxygen atoms in total. The fourth-order valence-corrected chi connectivity index (χ4v) is 4.05. The van der Waals surface area contributed by atoms with E-state index >= 15 is 0 Å². The summed E-state index contributed by atoms with van der Waals surface area (Å²) in [5, 5.41) is 10.6. The second-order valence-electron chi connectivity index (χ2n) is 5.76. The molecule has 3 unspecified atom stereocenters. The fourth-order valence-electron chi connectivity index (χ4n) is 3.04. The molecule has 0 aliphatic heterocycles. The van der Waals surface area contributed by atoms with E-state index in [1.54, 1.807) is 30.3 Å². The van der Waals surface area contributed by atoms with Gasteiger partial charge in [0.05, 0.1) is 11.6 Å². The van der Waals surface area contributed by atoms with Crippen LogP contribution in [0.25, 0.3) is 10.9 Å². The molecule has 1 aromatic heterocycles. The van der Waals surface area contributed by atoms with E-state index in [0.29, 0.717) is 5.56 Å². The number of carbonyl (C=O) groups is 1. The van der Waals surface area contributed by atoms with Crippen molar-refractivity contribution in [1.82, 2.24) is 4.98 Å². The maximum absolute atomic E-state index is 11.9. The van der Waals surface area contributed by atoms with E-state index < -0.39 is 25.6 Å². The molecule has 3 aromatic rings. The molecule has 0 aliphatic carbocycles. The largest absolute Gasteiger partial charge is 0.481 e. The van der Waals surface area contributed by atoms with Gasteiger partial charge in [-0.05, 0) is 23.1 Å². The van der Waals surface area contributed by atoms with Gasteiger partial charge in [-0.3, -0.25) is 9.36 Å². The highest BCUT2D eigenvalue weighted by Crippen LogP contribution is 2.38. The lowest BCUT2D eigenvalue weighted by Gasteiger charge is -2.21. The third-order valence-electron chi connectivity index (χ3n) is 4.17. The fraction of sp³-hybridized carbons (Fsp3) is 0.167. The lowest BCUT2D eigenvalue weighted by molar-refractivity contribution is -0.138. The van der Waals surface area contributed by atoms with Gasteiger partial charge in [0.1, 0.15) is 0 Å². The van der Waals surface area contributed by atoms with Crippen molar-refractivity contribution in [2.45, 2.75) is 18.0 Å². The average molecular weight is 343 g/mol. The minimum Gasteiger partial charge on any atom is -0.481 e. The molecule has 0 fully saturated rings. The van der Waals surface area contributed by atoms with Gasteiger partial charge in [0.25, 0.3) is 0 Å². The zero-order chi connectivity index (χ0) is 17.1. The van der Waals surface area contributed by atoms with Crippen molar-refractivity contribution in [3.05, 3.63) is 71.9 Å². The number of aromatic amines is 1. The van der Waals surface area contributed by atoms with E-state index in [-0.39, 0.29) is 6.42 Å². The van der Waals surface area contributed by atoms with E-state index in [2.05, 4.69) is 4.98 Å². The molecule has 1 heterocycles. The first-order valence-electron chi connectivity index (χ1n) is 7.63. The van der Waals surface area contributed by atoms with Gasteiger partial charge in [-0.2, -0.15) is 0 Å². The number of benzene rings is 2. The topological polar surface area (TPSA) is 90.4 Å². The third-order valence-corrected chi connectivity index (χ3v) is 5.34. The molecule has 124 valence electrons. The highest BCUT2D eigenvalue weighted by atomic mass is 31.1. The Morgan fingerprint density at radius 2 is 1.75 bits per heavy atom. The van der Waals surface area contributed by atoms with E-state index in [1.165, 1.54) is 0 Å². The summed E-state index contributed by atoms with van der Waals surface area (Å²) >= 11 is 0. The Kier molecular flexibility index (Phi) is 4.84. The van der Waals surface area contributed by atoms with Crippen LogP contribution in [0.15, 0.2) is 60.7 Å². The number of para-hydroxylation sites is 1. The monoisotopic (exact) mass is 343 g/mol. The molecule has 3 atom stereocenters. The number of aliphatic carboxylic acids is 1. The Bertz CT molecular complexity index is 842. The first kappa shape index (κ1) is 16.5. The quantitative estimate of drug-likeness (QED) is 0.598. The second kappa shape index (κ2) is 7.04. The van der Waals surface area contributed by atoms with Gasteiger partial charge in [0, 0.05) is 17.6 Å². The summed E-state index contributed by atoms with van der Waals surface area (Å²) in [6, 6.07) is 18.2. The maximum atomic E-state index is 11.9. The average Bonchev–Trinajstić information content (AvgIpc) is 2.97. The van der Waals surface area contributed by atoms with Crippen LogP contribution in [0, 0.1) is 0 Å². The Balaban J connectivity index is 1.96. The van der Waals surface area contributed by atoms with E-state index in [1.807, 2.05) is 30.3 Å². The van der Waals surface area contributed by atoms with Gasteiger partial charge in [-0.25, -0.2) is 0 Å². The van der Waals surface area contributed by atoms with Gasteiger partial charge in [-0.1, -0.05) is 48.5 Å². The summed E-state index contributed by atoms with van der Waals surface area (Å²) in [6.07, 6.45) is 0.203. The predicted octanol–water partition coefficient (Wildman–Crippen LogP) is 3.41. The number of H-pyrrole nitrogens is 1. The van der Waals surface area contributed by atoms with E-state index in [4.69, 9.17) is 0 Å². The van der Waals surface area contributed by atoms with Crippen LogP contribution in [0.1, 0.15) is 17.2 Å². The second-order valence-corrected chi connectivity index (χ2v) is 7.18. The number of fused-ring (bicyclic) bond motifs is 1. The molecule has 2 aromatic carbocycles. The van der Waals surface area contributed by atoms with Crippen LogP contribution in [0.2, 0.25) is 0 Å². The van der Waals surface area contributed by atoms with Gasteiger partial charge in [-0.15, -0.1) is 0 Å². The number of carboxylic acids is 1. The summed E-state index contributed by atoms with van der Waals surface area (Å²) in [6.45, 7) is 0. The van der Waals surface area contributed by atoms with Crippen molar-refractivity contribution in [2.24, 2.45) is 0 Å². The number of rotatable bonds is 6. The van der Waals surface area contributed by atoms with Gasteiger partial charge >= 0.3 is 5.97 Å². The lowest BCUT2D eigenvalue weighted by Crippen LogP contribution is -2.25. The zero-order valence-corrected chi connectivity index (χ0v) is 13.8. The number of nitrogens with one attached hydrogen (secondary N) is 1. The van der Waals surface area contributed by atoms with Crippen molar-refractivity contribution in [3.63, 3.8) is 0 Å². The number of carboxylic acid groups (broad SMARTS) is 1. The minimum absolute atomic E-state index is 0.203. The molecule has 0 amide bonds. The van der Waals surface area contributed by atoms with Crippen LogP contribution in [0.5, 0.6) is 0 Å². The van der Waals surface area contributed by atoms with Crippen molar-refractivity contribution < 1.29 is 19.4 Å². The van der Waals surface area contributed by atoms with Crippen LogP contribution >= 0.6 is 8.03 Å². The molecule has 0 saturated carbocycles. The highest BCUT2D eigenvalue weighted by Gasteiger charge is 2.33. The molecule has 24 heavy (non-hydrogen) atoms. The molecule has 0 saturated heterocycles. The molecule has 0 radical (unpaired) electrons. The molecular formula is C18H18NO4P. The van der Waals surface area contributed by atoms with E-state index in [0.717, 1.165) is 16.6 Å². The standard InChI is InChI=1S/C18H18NO4P/c20-18(21)17(12-6-2-1-3-7-12)16(24(22)23)11-14-10-13-8-4-5-9-15(13)19-14/h1-10,16-17,19,24H,11H2,(H,20,21)(H,22,23). The Morgan fingerprint density at radius 3 is 2.38 bits per heavy atom. The predicted molar refractivity (Wildman–Crippen MR) is 93.8 cm³/mol. The highest BCUT2D eigenvalue weighted by molar-refractivity contribution is 7.39. The van der Waals surface area contributed by atoms with Crippen LogP contribution in [-0.2, 0) is 15.8 Å². The SMILES string of the molecule is O=C(O)C(c1ccccc1)C(Cc1cc2ccccc2[nH]1)[PH](=O)O. The van der Waals surface area contributed by atoms with Gasteiger partial charge in [0.15, 0.2) is 8.03 Å². The van der Waals surface area contributed by atoms with Crippen LogP contribution < -0.4 is 0 Å². The third kappa shape index (κ3) is 3.42. The summed E-state index contributed by atoms with van der Waals surface area (Å²) in [7, 11) is -3.05. The summed E-state index contributed by atoms with van der Waals surface area (Å²) in [4.78, 5) is 24.8. The number of hydrogen-bond donors (Lipinski definition) is 3. The Morgan fingerprint density at radius 1 is 1.08 bits per heavy atom. The van der Waals surface area contributed by atoms with Crippen LogP contribution in [-0.4, -0.2) is 26.6 Å². The first-order valence-corrected chi connectivity index (χ1v) is 9.06. The Hall–Kier alpha value is -2.36. The summed E-state index contributed by atoms with van der Waals surface area (Å²) < 4.78 is 11.9. The molecule has 0 spiro atoms. The van der Waals surface area contributed by atoms with Crippen molar-refractivity contribution in [2.75, 3.05) is 0 Å². The normalized spacial score (nSPS) is 15.0. The Labute approximate surface area is 139 Å². The van der Waals surface area contributed by atoms with Gasteiger partial charge in [0.2, 0.25) is 0 Å². The molecule has 3 rings (SSSR count). The first-order chi connectivity index (χ1) is 11.6. The molecule has 6 heteroatoms. The zero-order valence-electron chi connectivity index (χ0n) is 12.8. The van der Waals surface area contributed by atoms with Gasteiger partial charge < -0.3 is 15.0 Å². The van der Waals surface area contributed by atoms with E-state index in [9.17, 15) is 19.4 Å². The van der Waals surface area contributed by atoms with Crippen molar-refractivity contribution >= 4 is 24.9 Å². The van der Waals surface area contributed by atoms with Crippen molar-refractivity contribution in [1.29, 1.82) is 0 Å². The van der Waals surface area contributed by atoms with Crippen LogP contribution in [0.3, 0.4) is 0 Å². The molecular weight excluding hydrogens is 325 g/mol. The molecule has 3 N–H and O–H groups in total. The molecule has 0 aliphatic rings. The summed E-state index contributed by atoms with van der Waals surface area (Å²) in [5.74, 6) is -2.11. The smallest absolute Gasteiger partial charge is 0.311 e. The molecule has 0 bridgehead atoms. The van der Waals surface area contributed by atoms with Crippen LogP contribution in [0.4, 0.5) is 0 Å². The summed E-state index contributed by atoms with van der Waals surface area (Å²) in [5.41, 5.74) is 1.35. The number of aromatic nitrogens is 1. The number of hydrogen-bond acceptors (Lipinski definition) is 2.